The lowest BCUT2D eigenvalue weighted by Crippen LogP contribution is -2.45. The molecule has 1 aromatic rings. The number of hydrogen-bond donors (Lipinski definition) is 1. The van der Waals surface area contributed by atoms with Gasteiger partial charge in [-0.3, -0.25) is 4.79 Å². The number of ether oxygens (including phenoxy) is 2. The fraction of sp³-hybridized carbons (Fsp3) is 0.556. The second-order valence-corrected chi connectivity index (χ2v) is 6.22. The van der Waals surface area contributed by atoms with Crippen molar-refractivity contribution in [2.75, 3.05) is 32.8 Å². The van der Waals surface area contributed by atoms with Crippen LogP contribution >= 0.6 is 0 Å². The van der Waals surface area contributed by atoms with E-state index in [4.69, 9.17) is 9.47 Å². The van der Waals surface area contributed by atoms with Crippen molar-refractivity contribution < 1.29 is 19.1 Å². The first-order chi connectivity index (χ1) is 11.7. The van der Waals surface area contributed by atoms with E-state index in [0.717, 1.165) is 6.42 Å². The Labute approximate surface area is 142 Å². The summed E-state index contributed by atoms with van der Waals surface area (Å²) in [4.78, 5) is 26.5. The Morgan fingerprint density at radius 3 is 2.58 bits per heavy atom. The zero-order chi connectivity index (χ0) is 16.9. The molecule has 0 aromatic heterocycles. The molecule has 2 heterocycles. The van der Waals surface area contributed by atoms with Crippen LogP contribution in [0.5, 0.6) is 11.5 Å². The van der Waals surface area contributed by atoms with Crippen LogP contribution in [0.15, 0.2) is 18.2 Å². The first-order valence-corrected chi connectivity index (χ1v) is 8.65. The van der Waals surface area contributed by atoms with Crippen LogP contribution in [0.2, 0.25) is 0 Å². The van der Waals surface area contributed by atoms with Gasteiger partial charge in [0.15, 0.2) is 17.3 Å². The van der Waals surface area contributed by atoms with Gasteiger partial charge in [0.25, 0.3) is 0 Å². The van der Waals surface area contributed by atoms with E-state index in [0.29, 0.717) is 62.8 Å². The Kier molecular flexibility index (Phi) is 5.23. The summed E-state index contributed by atoms with van der Waals surface area (Å²) in [6.07, 6.45) is 2.32. The Bertz CT molecular complexity index is 609. The SMILES string of the molecule is CCCNC(=O)N1CCC(C(=O)c2ccc3c(c2)OCCO3)CC1. The number of rotatable bonds is 4. The molecule has 0 radical (unpaired) electrons. The molecule has 1 aromatic carbocycles. The lowest BCUT2D eigenvalue weighted by Gasteiger charge is -2.31. The van der Waals surface area contributed by atoms with Crippen LogP contribution < -0.4 is 14.8 Å². The molecule has 2 amide bonds. The molecule has 1 saturated heterocycles. The van der Waals surface area contributed by atoms with Crippen molar-refractivity contribution in [2.45, 2.75) is 26.2 Å². The van der Waals surface area contributed by atoms with Crippen LogP contribution in [-0.4, -0.2) is 49.6 Å². The second kappa shape index (κ2) is 7.55. The van der Waals surface area contributed by atoms with E-state index < -0.39 is 0 Å². The number of urea groups is 1. The maximum Gasteiger partial charge on any atom is 0.317 e. The number of ketones is 1. The van der Waals surface area contributed by atoms with Crippen LogP contribution in [0.4, 0.5) is 4.79 Å². The van der Waals surface area contributed by atoms with Crippen molar-refractivity contribution >= 4 is 11.8 Å². The number of nitrogens with zero attached hydrogens (tertiary/aromatic N) is 1. The van der Waals surface area contributed by atoms with Crippen LogP contribution in [-0.2, 0) is 0 Å². The van der Waals surface area contributed by atoms with Gasteiger partial charge in [-0.05, 0) is 37.5 Å². The molecule has 3 rings (SSSR count). The lowest BCUT2D eigenvalue weighted by atomic mass is 9.89. The normalized spacial score (nSPS) is 17.5. The number of Topliss-reactive ketones (excluding diaryl/α,β-unsaturated/α-hetero) is 1. The minimum atomic E-state index is -0.0391. The van der Waals surface area contributed by atoms with Crippen LogP contribution in [0, 0.1) is 5.92 Å². The molecule has 0 atom stereocenters. The number of likely N-dealkylation sites (tertiary alicyclic amines) is 1. The summed E-state index contributed by atoms with van der Waals surface area (Å²) >= 11 is 0. The molecule has 2 aliphatic heterocycles. The minimum absolute atomic E-state index is 0.0259. The van der Waals surface area contributed by atoms with Gasteiger partial charge in [0.05, 0.1) is 0 Å². The first kappa shape index (κ1) is 16.6. The zero-order valence-electron chi connectivity index (χ0n) is 14.0. The van der Waals surface area contributed by atoms with E-state index in [-0.39, 0.29) is 17.7 Å². The Morgan fingerprint density at radius 1 is 1.17 bits per heavy atom. The predicted octanol–water partition coefficient (Wildman–Crippen LogP) is 2.47. The van der Waals surface area contributed by atoms with Gasteiger partial charge >= 0.3 is 6.03 Å². The van der Waals surface area contributed by atoms with Gasteiger partial charge in [-0.2, -0.15) is 0 Å². The quantitative estimate of drug-likeness (QED) is 0.860. The molecule has 24 heavy (non-hydrogen) atoms. The average molecular weight is 332 g/mol. The van der Waals surface area contributed by atoms with Crippen molar-refractivity contribution in [3.63, 3.8) is 0 Å². The number of fused-ring (bicyclic) bond motifs is 1. The van der Waals surface area contributed by atoms with Crippen molar-refractivity contribution in [3.05, 3.63) is 23.8 Å². The summed E-state index contributed by atoms with van der Waals surface area (Å²) in [5.74, 6) is 1.42. The highest BCUT2D eigenvalue weighted by molar-refractivity contribution is 5.98. The topological polar surface area (TPSA) is 67.9 Å². The fourth-order valence-electron chi connectivity index (χ4n) is 3.12. The van der Waals surface area contributed by atoms with Crippen molar-refractivity contribution in [1.82, 2.24) is 10.2 Å². The molecule has 1 N–H and O–H groups in total. The monoisotopic (exact) mass is 332 g/mol. The molecule has 2 aliphatic rings. The Balaban J connectivity index is 1.58. The smallest absolute Gasteiger partial charge is 0.317 e. The molecule has 0 bridgehead atoms. The summed E-state index contributed by atoms with van der Waals surface area (Å²) in [6.45, 7) is 5.01. The molecule has 1 fully saturated rings. The maximum atomic E-state index is 12.7. The third-order valence-corrected chi connectivity index (χ3v) is 4.51. The van der Waals surface area contributed by atoms with Gasteiger partial charge in [0, 0.05) is 31.1 Å². The molecule has 130 valence electrons. The van der Waals surface area contributed by atoms with Gasteiger partial charge in [-0.15, -0.1) is 0 Å². The predicted molar refractivity (Wildman–Crippen MR) is 89.7 cm³/mol. The van der Waals surface area contributed by atoms with Gasteiger partial charge in [-0.25, -0.2) is 4.79 Å². The molecular formula is C18H24N2O4. The summed E-state index contributed by atoms with van der Waals surface area (Å²) in [6, 6.07) is 5.35. The van der Waals surface area contributed by atoms with Crippen LogP contribution in [0.1, 0.15) is 36.5 Å². The summed E-state index contributed by atoms with van der Waals surface area (Å²) < 4.78 is 11.0. The number of piperidine rings is 1. The summed E-state index contributed by atoms with van der Waals surface area (Å²) in [5.41, 5.74) is 0.660. The van der Waals surface area contributed by atoms with E-state index in [1.54, 1.807) is 23.1 Å². The third kappa shape index (κ3) is 3.63. The molecule has 0 spiro atoms. The highest BCUT2D eigenvalue weighted by Crippen LogP contribution is 2.32. The van der Waals surface area contributed by atoms with Gasteiger partial charge < -0.3 is 19.7 Å². The zero-order valence-corrected chi connectivity index (χ0v) is 14.0. The third-order valence-electron chi connectivity index (χ3n) is 4.51. The number of benzene rings is 1. The molecule has 0 unspecified atom stereocenters. The van der Waals surface area contributed by atoms with Crippen molar-refractivity contribution in [2.24, 2.45) is 5.92 Å². The summed E-state index contributed by atoms with van der Waals surface area (Å²) in [7, 11) is 0. The fourth-order valence-corrected chi connectivity index (χ4v) is 3.12. The number of carbonyl (C=O) groups is 2. The number of amides is 2. The van der Waals surface area contributed by atoms with E-state index in [1.807, 2.05) is 6.92 Å². The van der Waals surface area contributed by atoms with Crippen LogP contribution in [0.3, 0.4) is 0 Å². The lowest BCUT2D eigenvalue weighted by molar-refractivity contribution is 0.0853. The van der Waals surface area contributed by atoms with Crippen LogP contribution in [0.25, 0.3) is 0 Å². The largest absolute Gasteiger partial charge is 0.486 e. The van der Waals surface area contributed by atoms with Gasteiger partial charge in [0.1, 0.15) is 13.2 Å². The van der Waals surface area contributed by atoms with E-state index >= 15 is 0 Å². The highest BCUT2D eigenvalue weighted by atomic mass is 16.6. The number of nitrogens with one attached hydrogen (secondary N) is 1. The van der Waals surface area contributed by atoms with Gasteiger partial charge in [-0.1, -0.05) is 6.92 Å². The minimum Gasteiger partial charge on any atom is -0.486 e. The molecular weight excluding hydrogens is 308 g/mol. The van der Waals surface area contributed by atoms with Gasteiger partial charge in [0.2, 0.25) is 0 Å². The Morgan fingerprint density at radius 2 is 1.88 bits per heavy atom. The van der Waals surface area contributed by atoms with Crippen molar-refractivity contribution in [3.8, 4) is 11.5 Å². The molecule has 6 heteroatoms. The maximum absolute atomic E-state index is 12.7. The average Bonchev–Trinajstić information content (AvgIpc) is 2.65. The van der Waals surface area contributed by atoms with Crippen molar-refractivity contribution in [1.29, 1.82) is 0 Å². The molecule has 0 aliphatic carbocycles. The highest BCUT2D eigenvalue weighted by Gasteiger charge is 2.28. The standard InChI is InChI=1S/C18H24N2O4/c1-2-7-19-18(22)20-8-5-13(6-9-20)17(21)14-3-4-15-16(12-14)24-11-10-23-15/h3-4,12-13H,2,5-11H2,1H3,(H,19,22). The van der Waals surface area contributed by atoms with E-state index in [9.17, 15) is 9.59 Å². The van der Waals surface area contributed by atoms with E-state index in [2.05, 4.69) is 5.32 Å². The number of carbonyl (C=O) groups excluding carboxylic acids is 2. The summed E-state index contributed by atoms with van der Waals surface area (Å²) in [5, 5.41) is 2.88. The number of hydrogen-bond acceptors (Lipinski definition) is 4. The Hall–Kier alpha value is -2.24. The molecule has 0 saturated carbocycles. The first-order valence-electron chi connectivity index (χ1n) is 8.65. The molecule has 6 nitrogen and oxygen atoms in total. The second-order valence-electron chi connectivity index (χ2n) is 6.22. The van der Waals surface area contributed by atoms with E-state index in [1.165, 1.54) is 0 Å².